The number of thiazole rings is 1. The number of pyridine rings is 2. The van der Waals surface area contributed by atoms with Crippen molar-refractivity contribution in [3.8, 4) is 10.6 Å². The number of aromatic nitrogens is 3. The molecule has 7 nitrogen and oxygen atoms in total. The van der Waals surface area contributed by atoms with E-state index in [4.69, 9.17) is 0 Å². The van der Waals surface area contributed by atoms with Crippen molar-refractivity contribution >= 4 is 23.0 Å². The SMILES string of the molecule is Cc1nc(-c2ccccc2)sc1C(=O)C1=C(O)C(=O)N(Cc2ccccn2)C1c1cccnc1. The number of hydrogen-bond donors (Lipinski definition) is 1. The van der Waals surface area contributed by atoms with Crippen LogP contribution in [0.15, 0.2) is 90.6 Å². The number of ketones is 1. The summed E-state index contributed by atoms with van der Waals surface area (Å²) in [5.41, 5.74) is 2.75. The highest BCUT2D eigenvalue weighted by Crippen LogP contribution is 2.41. The lowest BCUT2D eigenvalue weighted by molar-refractivity contribution is -0.130. The average Bonchev–Trinajstić information content (AvgIpc) is 3.38. The van der Waals surface area contributed by atoms with Crippen LogP contribution in [0.25, 0.3) is 10.6 Å². The Bertz CT molecular complexity index is 1390. The molecule has 0 bridgehead atoms. The van der Waals surface area contributed by atoms with Gasteiger partial charge >= 0.3 is 0 Å². The summed E-state index contributed by atoms with van der Waals surface area (Å²) in [6, 6.07) is 17.7. The smallest absolute Gasteiger partial charge is 0.290 e. The van der Waals surface area contributed by atoms with Crippen LogP contribution in [-0.4, -0.2) is 36.6 Å². The first kappa shape index (κ1) is 21.7. The maximum absolute atomic E-state index is 13.8. The van der Waals surface area contributed by atoms with Gasteiger partial charge in [0, 0.05) is 24.2 Å². The molecule has 0 spiro atoms. The topological polar surface area (TPSA) is 96.3 Å². The van der Waals surface area contributed by atoms with Gasteiger partial charge in [-0.1, -0.05) is 42.5 Å². The van der Waals surface area contributed by atoms with Gasteiger partial charge in [0.25, 0.3) is 5.91 Å². The van der Waals surface area contributed by atoms with Crippen LogP contribution in [0.3, 0.4) is 0 Å². The van der Waals surface area contributed by atoms with Gasteiger partial charge in [-0.05, 0) is 30.7 Å². The van der Waals surface area contributed by atoms with Crippen molar-refractivity contribution < 1.29 is 14.7 Å². The van der Waals surface area contributed by atoms with Crippen molar-refractivity contribution in [1.82, 2.24) is 19.9 Å². The van der Waals surface area contributed by atoms with Gasteiger partial charge < -0.3 is 10.0 Å². The third-order valence-electron chi connectivity index (χ3n) is 5.63. The lowest BCUT2D eigenvalue weighted by Gasteiger charge is -2.26. The molecule has 34 heavy (non-hydrogen) atoms. The summed E-state index contributed by atoms with van der Waals surface area (Å²) in [6.45, 7) is 1.90. The molecule has 0 saturated heterocycles. The van der Waals surface area contributed by atoms with Crippen LogP contribution >= 0.6 is 11.3 Å². The highest BCUT2D eigenvalue weighted by atomic mass is 32.1. The fraction of sp³-hybridized carbons (Fsp3) is 0.115. The minimum Gasteiger partial charge on any atom is -0.503 e. The molecule has 1 atom stereocenters. The lowest BCUT2D eigenvalue weighted by atomic mass is 9.96. The monoisotopic (exact) mass is 468 g/mol. The Morgan fingerprint density at radius 3 is 2.56 bits per heavy atom. The molecule has 5 rings (SSSR count). The molecule has 168 valence electrons. The van der Waals surface area contributed by atoms with E-state index in [1.807, 2.05) is 36.4 Å². The number of aryl methyl sites for hydroxylation is 1. The summed E-state index contributed by atoms with van der Waals surface area (Å²) in [6.07, 6.45) is 4.86. The zero-order valence-corrected chi connectivity index (χ0v) is 19.1. The molecular formula is C26H20N4O3S. The van der Waals surface area contributed by atoms with E-state index in [0.717, 1.165) is 5.56 Å². The Morgan fingerprint density at radius 2 is 1.85 bits per heavy atom. The highest BCUT2D eigenvalue weighted by molar-refractivity contribution is 7.17. The van der Waals surface area contributed by atoms with E-state index in [1.165, 1.54) is 16.2 Å². The van der Waals surface area contributed by atoms with E-state index >= 15 is 0 Å². The minimum atomic E-state index is -0.794. The Morgan fingerprint density at radius 1 is 1.06 bits per heavy atom. The first-order valence-corrected chi connectivity index (χ1v) is 11.5. The molecule has 1 aromatic carbocycles. The number of hydrogen-bond acceptors (Lipinski definition) is 7. The van der Waals surface area contributed by atoms with Gasteiger partial charge in [0.1, 0.15) is 5.01 Å². The quantitative estimate of drug-likeness (QED) is 0.413. The molecule has 0 fully saturated rings. The number of rotatable bonds is 6. The normalized spacial score (nSPS) is 15.7. The van der Waals surface area contributed by atoms with Crippen molar-refractivity contribution in [1.29, 1.82) is 0 Å². The zero-order valence-electron chi connectivity index (χ0n) is 18.3. The molecule has 1 amide bonds. The molecule has 4 heterocycles. The first-order chi connectivity index (χ1) is 16.5. The number of nitrogens with zero attached hydrogens (tertiary/aromatic N) is 4. The predicted molar refractivity (Wildman–Crippen MR) is 128 cm³/mol. The molecule has 1 unspecified atom stereocenters. The van der Waals surface area contributed by atoms with Crippen molar-refractivity contribution in [2.45, 2.75) is 19.5 Å². The minimum absolute atomic E-state index is 0.0280. The van der Waals surface area contributed by atoms with Gasteiger partial charge in [0.15, 0.2) is 5.76 Å². The van der Waals surface area contributed by atoms with Gasteiger partial charge in [-0.25, -0.2) is 4.98 Å². The number of benzene rings is 1. The Hall–Kier alpha value is -4.17. The van der Waals surface area contributed by atoms with Crippen LogP contribution < -0.4 is 0 Å². The predicted octanol–water partition coefficient (Wildman–Crippen LogP) is 4.69. The summed E-state index contributed by atoms with van der Waals surface area (Å²) >= 11 is 1.25. The van der Waals surface area contributed by atoms with Crippen LogP contribution in [-0.2, 0) is 11.3 Å². The molecule has 1 aliphatic rings. The number of aliphatic hydroxyl groups is 1. The summed E-state index contributed by atoms with van der Waals surface area (Å²) in [5, 5.41) is 11.6. The zero-order chi connectivity index (χ0) is 23.7. The van der Waals surface area contributed by atoms with E-state index in [9.17, 15) is 14.7 Å². The fourth-order valence-electron chi connectivity index (χ4n) is 4.03. The maximum Gasteiger partial charge on any atom is 0.290 e. The summed E-state index contributed by atoms with van der Waals surface area (Å²) in [7, 11) is 0. The molecule has 4 aromatic rings. The number of aliphatic hydroxyl groups excluding tert-OH is 1. The van der Waals surface area contributed by atoms with Crippen LogP contribution in [0.2, 0.25) is 0 Å². The summed E-state index contributed by atoms with van der Waals surface area (Å²) in [5.74, 6) is -1.59. The number of carbonyl (C=O) groups excluding carboxylic acids is 2. The van der Waals surface area contributed by atoms with E-state index in [0.29, 0.717) is 26.8 Å². The highest BCUT2D eigenvalue weighted by Gasteiger charge is 2.44. The van der Waals surface area contributed by atoms with Crippen molar-refractivity contribution in [3.63, 3.8) is 0 Å². The van der Waals surface area contributed by atoms with Crippen molar-refractivity contribution in [2.75, 3.05) is 0 Å². The van der Waals surface area contributed by atoms with E-state index < -0.39 is 23.5 Å². The van der Waals surface area contributed by atoms with Crippen LogP contribution in [0.1, 0.15) is 32.7 Å². The molecule has 0 radical (unpaired) electrons. The number of Topliss-reactive ketones (excluding diaryl/α,β-unsaturated/α-hetero) is 1. The van der Waals surface area contributed by atoms with Gasteiger partial charge in [-0.15, -0.1) is 11.3 Å². The number of amides is 1. The Kier molecular flexibility index (Phi) is 5.73. The third-order valence-corrected chi connectivity index (χ3v) is 6.84. The largest absolute Gasteiger partial charge is 0.503 e. The molecule has 3 aromatic heterocycles. The van der Waals surface area contributed by atoms with E-state index in [-0.39, 0.29) is 12.1 Å². The van der Waals surface area contributed by atoms with E-state index in [1.54, 1.807) is 49.8 Å². The van der Waals surface area contributed by atoms with Crippen LogP contribution in [0.4, 0.5) is 0 Å². The van der Waals surface area contributed by atoms with E-state index in [2.05, 4.69) is 15.0 Å². The maximum atomic E-state index is 13.8. The third kappa shape index (κ3) is 3.88. The van der Waals surface area contributed by atoms with Crippen molar-refractivity contribution in [3.05, 3.63) is 112 Å². The molecular weight excluding hydrogens is 448 g/mol. The standard InChI is InChI=1S/C26H20N4O3S/c1-16-24(34-25(29-16)17-8-3-2-4-9-17)22(31)20-21(18-10-7-12-27-14-18)30(26(33)23(20)32)15-19-11-5-6-13-28-19/h2-14,21,32H,15H2,1H3. The molecule has 8 heteroatoms. The average molecular weight is 469 g/mol. The Labute approximate surface area is 200 Å². The van der Waals surface area contributed by atoms with Gasteiger partial charge in [-0.3, -0.25) is 19.6 Å². The van der Waals surface area contributed by atoms with Crippen molar-refractivity contribution in [2.24, 2.45) is 0 Å². The second-order valence-corrected chi connectivity index (χ2v) is 8.83. The number of carbonyl (C=O) groups is 2. The Balaban J connectivity index is 1.57. The second kappa shape index (κ2) is 8.99. The first-order valence-electron chi connectivity index (χ1n) is 10.7. The lowest BCUT2D eigenvalue weighted by Crippen LogP contribution is -2.31. The molecule has 1 aliphatic heterocycles. The van der Waals surface area contributed by atoms with Gasteiger partial charge in [-0.2, -0.15) is 0 Å². The fourth-order valence-corrected chi connectivity index (χ4v) is 5.06. The van der Waals surface area contributed by atoms with Crippen LogP contribution in [0.5, 0.6) is 0 Å². The second-order valence-electron chi connectivity index (χ2n) is 7.83. The summed E-state index contributed by atoms with van der Waals surface area (Å²) < 4.78 is 0. The molecule has 0 saturated carbocycles. The van der Waals surface area contributed by atoms with Gasteiger partial charge in [0.05, 0.1) is 34.4 Å². The molecule has 0 aliphatic carbocycles. The van der Waals surface area contributed by atoms with Gasteiger partial charge in [0.2, 0.25) is 5.78 Å². The molecule has 1 N–H and O–H groups in total. The summed E-state index contributed by atoms with van der Waals surface area (Å²) in [4.78, 5) is 41.8. The van der Waals surface area contributed by atoms with Crippen LogP contribution in [0, 0.1) is 6.92 Å².